The first kappa shape index (κ1) is 18.6. The number of halogens is 1. The molecule has 0 unspecified atom stereocenters. The number of rotatable bonds is 6. The highest BCUT2D eigenvalue weighted by Crippen LogP contribution is 2.30. The van der Waals surface area contributed by atoms with Crippen molar-refractivity contribution < 1.29 is 17.7 Å². The lowest BCUT2D eigenvalue weighted by Gasteiger charge is -2.12. The quantitative estimate of drug-likeness (QED) is 0.633. The van der Waals surface area contributed by atoms with E-state index in [4.69, 9.17) is 9.26 Å². The highest BCUT2D eigenvalue weighted by atomic mass is 79.9. The Kier molecular flexibility index (Phi) is 5.45. The Morgan fingerprint density at radius 3 is 2.65 bits per heavy atom. The van der Waals surface area contributed by atoms with Crippen LogP contribution in [-0.4, -0.2) is 20.7 Å². The SMILES string of the molecule is COc1ccc(-c2cc(C)no2)cc1S(=O)(=O)NCc1cccc(Br)c1. The monoisotopic (exact) mass is 436 g/mol. The minimum Gasteiger partial charge on any atom is -0.495 e. The number of nitrogens with zero attached hydrogens (tertiary/aromatic N) is 1. The molecule has 0 aliphatic rings. The van der Waals surface area contributed by atoms with E-state index in [1.807, 2.05) is 24.3 Å². The number of nitrogens with one attached hydrogen (secondary N) is 1. The van der Waals surface area contributed by atoms with E-state index >= 15 is 0 Å². The molecule has 1 heterocycles. The van der Waals surface area contributed by atoms with Crippen LogP contribution in [0.3, 0.4) is 0 Å². The number of sulfonamides is 1. The molecular weight excluding hydrogens is 420 g/mol. The Morgan fingerprint density at radius 2 is 2.00 bits per heavy atom. The van der Waals surface area contributed by atoms with Crippen molar-refractivity contribution in [2.24, 2.45) is 0 Å². The maximum absolute atomic E-state index is 12.8. The highest BCUT2D eigenvalue weighted by Gasteiger charge is 2.21. The molecule has 8 heteroatoms. The molecule has 1 aromatic heterocycles. The third kappa shape index (κ3) is 4.14. The first-order chi connectivity index (χ1) is 12.4. The van der Waals surface area contributed by atoms with Crippen LogP contribution in [0.5, 0.6) is 5.75 Å². The standard InChI is InChI=1S/C18H17BrN2O4S/c1-12-8-17(25-21-12)14-6-7-16(24-2)18(10-14)26(22,23)20-11-13-4-3-5-15(19)9-13/h3-10,20H,11H2,1-2H3. The van der Waals surface area contributed by atoms with Crippen molar-refractivity contribution in [3.05, 3.63) is 64.3 Å². The van der Waals surface area contributed by atoms with Gasteiger partial charge >= 0.3 is 0 Å². The van der Waals surface area contributed by atoms with Gasteiger partial charge in [0.15, 0.2) is 5.76 Å². The van der Waals surface area contributed by atoms with Gasteiger partial charge in [-0.25, -0.2) is 13.1 Å². The van der Waals surface area contributed by atoms with Crippen LogP contribution in [-0.2, 0) is 16.6 Å². The van der Waals surface area contributed by atoms with E-state index in [2.05, 4.69) is 25.8 Å². The van der Waals surface area contributed by atoms with Gasteiger partial charge in [0.1, 0.15) is 10.6 Å². The normalized spacial score (nSPS) is 11.5. The van der Waals surface area contributed by atoms with Crippen molar-refractivity contribution in [3.63, 3.8) is 0 Å². The number of aromatic nitrogens is 1. The Hall–Kier alpha value is -2.16. The average molecular weight is 437 g/mol. The fraction of sp³-hybridized carbons (Fsp3) is 0.167. The van der Waals surface area contributed by atoms with Crippen molar-refractivity contribution in [1.82, 2.24) is 9.88 Å². The second-order valence-corrected chi connectivity index (χ2v) is 8.30. The van der Waals surface area contributed by atoms with E-state index in [0.717, 1.165) is 10.0 Å². The molecule has 0 radical (unpaired) electrons. The lowest BCUT2D eigenvalue weighted by Crippen LogP contribution is -2.23. The van der Waals surface area contributed by atoms with Gasteiger partial charge in [0.25, 0.3) is 0 Å². The van der Waals surface area contributed by atoms with Crippen LogP contribution in [0.2, 0.25) is 0 Å². The van der Waals surface area contributed by atoms with E-state index < -0.39 is 10.0 Å². The van der Waals surface area contributed by atoms with Gasteiger partial charge in [-0.15, -0.1) is 0 Å². The average Bonchev–Trinajstić information content (AvgIpc) is 3.06. The van der Waals surface area contributed by atoms with Crippen LogP contribution >= 0.6 is 15.9 Å². The number of benzene rings is 2. The summed E-state index contributed by atoms with van der Waals surface area (Å²) in [6.07, 6.45) is 0. The summed E-state index contributed by atoms with van der Waals surface area (Å²) in [6.45, 7) is 1.96. The third-order valence-electron chi connectivity index (χ3n) is 3.72. The number of hydrogen-bond donors (Lipinski definition) is 1. The highest BCUT2D eigenvalue weighted by molar-refractivity contribution is 9.10. The van der Waals surface area contributed by atoms with Crippen LogP contribution < -0.4 is 9.46 Å². The molecule has 0 aliphatic heterocycles. The van der Waals surface area contributed by atoms with Crippen molar-refractivity contribution >= 4 is 26.0 Å². The van der Waals surface area contributed by atoms with Crippen molar-refractivity contribution in [2.75, 3.05) is 7.11 Å². The maximum atomic E-state index is 12.8. The fourth-order valence-electron chi connectivity index (χ4n) is 2.44. The molecule has 0 spiro atoms. The molecule has 2 aromatic carbocycles. The summed E-state index contributed by atoms with van der Waals surface area (Å²) in [5, 5.41) is 3.84. The van der Waals surface area contributed by atoms with E-state index in [1.54, 1.807) is 25.1 Å². The number of ether oxygens (including phenoxy) is 1. The summed E-state index contributed by atoms with van der Waals surface area (Å²) in [7, 11) is -2.36. The molecule has 0 bridgehead atoms. The van der Waals surface area contributed by atoms with E-state index in [9.17, 15) is 8.42 Å². The summed E-state index contributed by atoms with van der Waals surface area (Å²) in [5.41, 5.74) is 2.16. The summed E-state index contributed by atoms with van der Waals surface area (Å²) in [6, 6.07) is 14.0. The summed E-state index contributed by atoms with van der Waals surface area (Å²) >= 11 is 3.37. The molecule has 3 rings (SSSR count). The van der Waals surface area contributed by atoms with Crippen LogP contribution in [0, 0.1) is 6.92 Å². The summed E-state index contributed by atoms with van der Waals surface area (Å²) < 4.78 is 39.6. The molecule has 0 fully saturated rings. The molecule has 0 atom stereocenters. The minimum absolute atomic E-state index is 0.0431. The van der Waals surface area contributed by atoms with E-state index in [0.29, 0.717) is 17.0 Å². The van der Waals surface area contributed by atoms with Gasteiger partial charge in [0.05, 0.1) is 12.8 Å². The first-order valence-electron chi connectivity index (χ1n) is 7.75. The van der Waals surface area contributed by atoms with Gasteiger partial charge in [-0.05, 0) is 42.8 Å². The zero-order chi connectivity index (χ0) is 18.7. The molecule has 136 valence electrons. The predicted octanol–water partition coefficient (Wildman–Crippen LogP) is 3.90. The van der Waals surface area contributed by atoms with E-state index in [-0.39, 0.29) is 17.2 Å². The fourth-order valence-corrected chi connectivity index (χ4v) is 4.10. The van der Waals surface area contributed by atoms with Crippen molar-refractivity contribution in [3.8, 4) is 17.1 Å². The van der Waals surface area contributed by atoms with Crippen LogP contribution in [0.4, 0.5) is 0 Å². The van der Waals surface area contributed by atoms with Crippen molar-refractivity contribution in [2.45, 2.75) is 18.4 Å². The van der Waals surface area contributed by atoms with Gasteiger partial charge in [-0.2, -0.15) is 0 Å². The molecule has 1 N–H and O–H groups in total. The number of hydrogen-bond acceptors (Lipinski definition) is 5. The molecule has 0 saturated heterocycles. The van der Waals surface area contributed by atoms with Crippen LogP contribution in [0.15, 0.2) is 62.4 Å². The van der Waals surface area contributed by atoms with Gasteiger partial charge in [-0.3, -0.25) is 0 Å². The Bertz CT molecular complexity index is 1030. The van der Waals surface area contributed by atoms with Crippen LogP contribution in [0.1, 0.15) is 11.3 Å². The topological polar surface area (TPSA) is 81.4 Å². The molecule has 0 amide bonds. The Labute approximate surface area is 160 Å². The molecule has 0 aliphatic carbocycles. The smallest absolute Gasteiger partial charge is 0.244 e. The second kappa shape index (κ2) is 7.61. The minimum atomic E-state index is -3.79. The van der Waals surface area contributed by atoms with Gasteiger partial charge < -0.3 is 9.26 Å². The van der Waals surface area contributed by atoms with Gasteiger partial charge in [0, 0.05) is 22.6 Å². The van der Waals surface area contributed by atoms with Crippen molar-refractivity contribution in [1.29, 1.82) is 0 Å². The Morgan fingerprint density at radius 1 is 1.19 bits per heavy atom. The molecule has 6 nitrogen and oxygen atoms in total. The number of aryl methyl sites for hydroxylation is 1. The third-order valence-corrected chi connectivity index (χ3v) is 5.64. The second-order valence-electron chi connectivity index (χ2n) is 5.65. The largest absolute Gasteiger partial charge is 0.495 e. The van der Waals surface area contributed by atoms with Crippen LogP contribution in [0.25, 0.3) is 11.3 Å². The lowest BCUT2D eigenvalue weighted by molar-refractivity contribution is 0.402. The molecule has 26 heavy (non-hydrogen) atoms. The van der Waals surface area contributed by atoms with Gasteiger partial charge in [-0.1, -0.05) is 33.2 Å². The molecule has 0 saturated carbocycles. The molecule has 3 aromatic rings. The Balaban J connectivity index is 1.92. The zero-order valence-electron chi connectivity index (χ0n) is 14.2. The van der Waals surface area contributed by atoms with Gasteiger partial charge in [0.2, 0.25) is 10.0 Å². The first-order valence-corrected chi connectivity index (χ1v) is 10.0. The number of methoxy groups -OCH3 is 1. The molecular formula is C18H17BrN2O4S. The zero-order valence-corrected chi connectivity index (χ0v) is 16.6. The lowest BCUT2D eigenvalue weighted by atomic mass is 10.1. The van der Waals surface area contributed by atoms with E-state index in [1.165, 1.54) is 13.2 Å². The predicted molar refractivity (Wildman–Crippen MR) is 101 cm³/mol. The summed E-state index contributed by atoms with van der Waals surface area (Å²) in [4.78, 5) is 0.0431. The summed E-state index contributed by atoms with van der Waals surface area (Å²) in [5.74, 6) is 0.750. The maximum Gasteiger partial charge on any atom is 0.244 e.